The van der Waals surface area contributed by atoms with E-state index in [-0.39, 0.29) is 0 Å². The summed E-state index contributed by atoms with van der Waals surface area (Å²) < 4.78 is 10.9. The zero-order valence-corrected chi connectivity index (χ0v) is 9.19. The number of primary amides is 1. The van der Waals surface area contributed by atoms with Crippen molar-refractivity contribution in [3.8, 4) is 5.75 Å². The van der Waals surface area contributed by atoms with Gasteiger partial charge >= 0.3 is 0 Å². The van der Waals surface area contributed by atoms with Gasteiger partial charge in [0.25, 0.3) is 5.91 Å². The summed E-state index contributed by atoms with van der Waals surface area (Å²) in [6, 6.07) is 7.32. The molecule has 0 atom stereocenters. The molecule has 84 valence electrons. The fourth-order valence-electron chi connectivity index (χ4n) is 1.37. The maximum Gasteiger partial charge on any atom is 0.261 e. The monoisotopic (exact) mass is 219 g/mol. The molecule has 0 fully saturated rings. The summed E-state index contributed by atoms with van der Waals surface area (Å²) in [5, 5.41) is 0.928. The number of hydrogen-bond acceptors (Lipinski definition) is 3. The number of benzene rings is 1. The number of carbonyl (C=O) groups excluding carboxylic acids is 1. The van der Waals surface area contributed by atoms with Gasteiger partial charge in [0.05, 0.1) is 6.26 Å². The van der Waals surface area contributed by atoms with Crippen LogP contribution in [0.2, 0.25) is 0 Å². The maximum atomic E-state index is 11.2. The van der Waals surface area contributed by atoms with Gasteiger partial charge in [0.2, 0.25) is 0 Å². The van der Waals surface area contributed by atoms with Crippen molar-refractivity contribution in [1.29, 1.82) is 0 Å². The molecule has 4 heteroatoms. The summed E-state index contributed by atoms with van der Waals surface area (Å²) in [5.74, 6) is 0.00218. The Morgan fingerprint density at radius 2 is 2.12 bits per heavy atom. The van der Waals surface area contributed by atoms with Crippen molar-refractivity contribution in [3.05, 3.63) is 30.5 Å². The number of para-hydroxylation sites is 1. The van der Waals surface area contributed by atoms with Gasteiger partial charge in [0.15, 0.2) is 16.9 Å². The fraction of sp³-hybridized carbons (Fsp3) is 0.250. The van der Waals surface area contributed by atoms with Crippen LogP contribution >= 0.6 is 0 Å². The molecule has 1 heterocycles. The normalized spacial score (nSPS) is 11.6. The molecule has 1 aromatic heterocycles. The first-order valence-electron chi connectivity index (χ1n) is 4.96. The van der Waals surface area contributed by atoms with Crippen molar-refractivity contribution in [2.75, 3.05) is 0 Å². The molecule has 0 aliphatic heterocycles. The summed E-state index contributed by atoms with van der Waals surface area (Å²) in [6.07, 6.45) is 1.58. The van der Waals surface area contributed by atoms with Gasteiger partial charge in [-0.15, -0.1) is 0 Å². The Hall–Kier alpha value is -1.97. The molecule has 2 aromatic rings. The van der Waals surface area contributed by atoms with Crippen LogP contribution in [0.15, 0.2) is 34.9 Å². The molecule has 0 bridgehead atoms. The zero-order valence-electron chi connectivity index (χ0n) is 9.19. The third kappa shape index (κ3) is 1.74. The van der Waals surface area contributed by atoms with E-state index in [1.165, 1.54) is 0 Å². The standard InChI is InChI=1S/C12H13NO3/c1-12(2,11(13)14)16-9-5-3-4-8-6-7-15-10(8)9/h3-7H,1-2H3,(H2,13,14). The van der Waals surface area contributed by atoms with E-state index < -0.39 is 11.5 Å². The number of amides is 1. The summed E-state index contributed by atoms with van der Waals surface area (Å²) in [6.45, 7) is 3.24. The molecular weight excluding hydrogens is 206 g/mol. The highest BCUT2D eigenvalue weighted by molar-refractivity contribution is 5.86. The predicted molar refractivity (Wildman–Crippen MR) is 60.1 cm³/mol. The van der Waals surface area contributed by atoms with Gasteiger partial charge in [-0.3, -0.25) is 4.79 Å². The van der Waals surface area contributed by atoms with Crippen LogP contribution in [0.1, 0.15) is 13.8 Å². The van der Waals surface area contributed by atoms with Crippen molar-refractivity contribution in [2.45, 2.75) is 19.4 Å². The zero-order chi connectivity index (χ0) is 11.8. The van der Waals surface area contributed by atoms with E-state index in [9.17, 15) is 4.79 Å². The average Bonchev–Trinajstić information content (AvgIpc) is 2.65. The Labute approximate surface area is 93.0 Å². The first kappa shape index (κ1) is 10.5. The van der Waals surface area contributed by atoms with Crippen LogP contribution < -0.4 is 10.5 Å². The van der Waals surface area contributed by atoms with Crippen LogP contribution in [0.5, 0.6) is 5.75 Å². The van der Waals surface area contributed by atoms with Gasteiger partial charge in [-0.1, -0.05) is 12.1 Å². The number of carbonyl (C=O) groups is 1. The third-order valence-corrected chi connectivity index (χ3v) is 2.40. The molecule has 2 rings (SSSR count). The molecule has 1 aromatic carbocycles. The average molecular weight is 219 g/mol. The smallest absolute Gasteiger partial charge is 0.261 e. The van der Waals surface area contributed by atoms with Crippen LogP contribution in [0, 0.1) is 0 Å². The van der Waals surface area contributed by atoms with Crippen molar-refractivity contribution < 1.29 is 13.9 Å². The van der Waals surface area contributed by atoms with E-state index >= 15 is 0 Å². The van der Waals surface area contributed by atoms with Crippen molar-refractivity contribution >= 4 is 16.9 Å². The molecule has 0 aliphatic rings. The number of rotatable bonds is 3. The van der Waals surface area contributed by atoms with E-state index in [2.05, 4.69) is 0 Å². The molecule has 4 nitrogen and oxygen atoms in total. The molecule has 1 amide bonds. The topological polar surface area (TPSA) is 65.5 Å². The Kier molecular flexibility index (Phi) is 2.34. The first-order valence-corrected chi connectivity index (χ1v) is 4.96. The second kappa shape index (κ2) is 3.56. The van der Waals surface area contributed by atoms with E-state index in [1.807, 2.05) is 18.2 Å². The van der Waals surface area contributed by atoms with Crippen LogP contribution in [-0.2, 0) is 4.79 Å². The predicted octanol–water partition coefficient (Wildman–Crippen LogP) is 2.08. The lowest BCUT2D eigenvalue weighted by Gasteiger charge is -2.22. The highest BCUT2D eigenvalue weighted by Gasteiger charge is 2.28. The SMILES string of the molecule is CC(C)(Oc1cccc2ccoc12)C(N)=O. The van der Waals surface area contributed by atoms with Gasteiger partial charge in [0, 0.05) is 5.39 Å². The Morgan fingerprint density at radius 3 is 2.81 bits per heavy atom. The largest absolute Gasteiger partial charge is 0.474 e. The molecule has 0 saturated heterocycles. The maximum absolute atomic E-state index is 11.2. The lowest BCUT2D eigenvalue weighted by Crippen LogP contribution is -2.43. The van der Waals surface area contributed by atoms with E-state index in [1.54, 1.807) is 26.2 Å². The molecule has 0 radical (unpaired) electrons. The number of hydrogen-bond donors (Lipinski definition) is 1. The molecule has 2 N–H and O–H groups in total. The second-order valence-electron chi connectivity index (χ2n) is 4.07. The molecule has 0 saturated carbocycles. The summed E-state index contributed by atoms with van der Waals surface area (Å²) in [4.78, 5) is 11.2. The van der Waals surface area contributed by atoms with E-state index in [0.717, 1.165) is 5.39 Å². The Balaban J connectivity index is 2.41. The lowest BCUT2D eigenvalue weighted by molar-refractivity contribution is -0.130. The minimum atomic E-state index is -1.05. The second-order valence-corrected chi connectivity index (χ2v) is 4.07. The Bertz CT molecular complexity index is 528. The van der Waals surface area contributed by atoms with Gasteiger partial charge in [-0.05, 0) is 26.0 Å². The van der Waals surface area contributed by atoms with Gasteiger partial charge in [0.1, 0.15) is 0 Å². The minimum absolute atomic E-state index is 0.518. The fourth-order valence-corrected chi connectivity index (χ4v) is 1.37. The van der Waals surface area contributed by atoms with E-state index in [0.29, 0.717) is 11.3 Å². The summed E-state index contributed by atoms with van der Waals surface area (Å²) in [7, 11) is 0. The van der Waals surface area contributed by atoms with Crippen LogP contribution in [0.3, 0.4) is 0 Å². The lowest BCUT2D eigenvalue weighted by atomic mass is 10.1. The van der Waals surface area contributed by atoms with Gasteiger partial charge in [-0.2, -0.15) is 0 Å². The quantitative estimate of drug-likeness (QED) is 0.859. The van der Waals surface area contributed by atoms with Crippen molar-refractivity contribution in [2.24, 2.45) is 5.73 Å². The van der Waals surface area contributed by atoms with E-state index in [4.69, 9.17) is 14.9 Å². The molecule has 0 spiro atoms. The van der Waals surface area contributed by atoms with Gasteiger partial charge in [-0.25, -0.2) is 0 Å². The Morgan fingerprint density at radius 1 is 1.38 bits per heavy atom. The molecule has 16 heavy (non-hydrogen) atoms. The minimum Gasteiger partial charge on any atom is -0.474 e. The highest BCUT2D eigenvalue weighted by atomic mass is 16.5. The van der Waals surface area contributed by atoms with Crippen LogP contribution in [0.25, 0.3) is 11.0 Å². The summed E-state index contributed by atoms with van der Waals surface area (Å²) in [5.41, 5.74) is 4.81. The number of fused-ring (bicyclic) bond motifs is 1. The third-order valence-electron chi connectivity index (χ3n) is 2.40. The number of nitrogens with two attached hydrogens (primary N) is 1. The first-order chi connectivity index (χ1) is 7.50. The number of ether oxygens (including phenoxy) is 1. The van der Waals surface area contributed by atoms with Crippen molar-refractivity contribution in [1.82, 2.24) is 0 Å². The van der Waals surface area contributed by atoms with Crippen LogP contribution in [0.4, 0.5) is 0 Å². The van der Waals surface area contributed by atoms with Crippen molar-refractivity contribution in [3.63, 3.8) is 0 Å². The molecule has 0 aliphatic carbocycles. The summed E-state index contributed by atoms with van der Waals surface area (Å²) >= 11 is 0. The van der Waals surface area contributed by atoms with Gasteiger partial charge < -0.3 is 14.9 Å². The molecular formula is C12H13NO3. The molecule has 0 unspecified atom stereocenters. The van der Waals surface area contributed by atoms with Crippen LogP contribution in [-0.4, -0.2) is 11.5 Å². The highest BCUT2D eigenvalue weighted by Crippen LogP contribution is 2.29. The number of furan rings is 1.